The number of ether oxygens (including phenoxy) is 1. The number of nitrogens with zero attached hydrogens (tertiary/aromatic N) is 1. The Morgan fingerprint density at radius 1 is 1.35 bits per heavy atom. The molecule has 20 heavy (non-hydrogen) atoms. The van der Waals surface area contributed by atoms with Crippen LogP contribution in [0.15, 0.2) is 30.3 Å². The largest absolute Gasteiger partial charge is 0.379 e. The molecule has 0 aliphatic carbocycles. The lowest BCUT2D eigenvalue weighted by Crippen LogP contribution is -2.30. The molecule has 2 aromatic rings. The molecule has 1 aromatic heterocycles. The average Bonchev–Trinajstić information content (AvgIpc) is 2.43. The summed E-state index contributed by atoms with van der Waals surface area (Å²) in [5.74, 6) is 2.04. The van der Waals surface area contributed by atoms with E-state index in [2.05, 4.69) is 36.5 Å². The molecule has 0 bridgehead atoms. The number of nitrogens with one attached hydrogen (secondary N) is 1. The van der Waals surface area contributed by atoms with E-state index in [9.17, 15) is 0 Å². The summed E-state index contributed by atoms with van der Waals surface area (Å²) in [7, 11) is 0. The number of thioether (sulfide) groups is 1. The fraction of sp³-hybridized carbons (Fsp3) is 0.438. The van der Waals surface area contributed by atoms with E-state index in [0.717, 1.165) is 43.3 Å². The maximum atomic E-state index is 5.24. The maximum Gasteiger partial charge on any atom is 0.130 e. The quantitative estimate of drug-likeness (QED) is 0.879. The van der Waals surface area contributed by atoms with Crippen LogP contribution in [0, 0.1) is 0 Å². The number of hydrogen-bond acceptors (Lipinski definition) is 4. The van der Waals surface area contributed by atoms with Gasteiger partial charge in [0.1, 0.15) is 5.82 Å². The molecule has 0 atom stereocenters. The van der Waals surface area contributed by atoms with Crippen LogP contribution in [-0.2, 0) is 10.5 Å². The van der Waals surface area contributed by atoms with Gasteiger partial charge in [-0.05, 0) is 18.6 Å². The number of fused-ring (bicyclic) bond motifs is 1. The fourth-order valence-corrected chi connectivity index (χ4v) is 3.20. The molecule has 106 valence electrons. The van der Waals surface area contributed by atoms with Crippen LogP contribution in [0.25, 0.3) is 10.9 Å². The van der Waals surface area contributed by atoms with Gasteiger partial charge in [0.25, 0.3) is 0 Å². The van der Waals surface area contributed by atoms with Gasteiger partial charge >= 0.3 is 0 Å². The van der Waals surface area contributed by atoms with Crippen LogP contribution in [-0.4, -0.2) is 30.0 Å². The molecule has 0 amide bonds. The van der Waals surface area contributed by atoms with Crippen molar-refractivity contribution in [1.82, 2.24) is 4.98 Å². The van der Waals surface area contributed by atoms with Crippen LogP contribution in [0.2, 0.25) is 0 Å². The number of rotatable bonds is 6. The second-order valence-corrected chi connectivity index (χ2v) is 6.37. The van der Waals surface area contributed by atoms with E-state index in [-0.39, 0.29) is 0 Å². The van der Waals surface area contributed by atoms with Crippen molar-refractivity contribution >= 4 is 28.5 Å². The first-order valence-corrected chi connectivity index (χ1v) is 8.23. The molecule has 3 rings (SSSR count). The number of benzene rings is 1. The Morgan fingerprint density at radius 3 is 2.95 bits per heavy atom. The van der Waals surface area contributed by atoms with Crippen molar-refractivity contribution in [2.75, 3.05) is 25.1 Å². The van der Waals surface area contributed by atoms with E-state index in [1.807, 2.05) is 17.8 Å². The molecule has 0 spiro atoms. The Kier molecular flexibility index (Phi) is 4.43. The van der Waals surface area contributed by atoms with E-state index in [0.29, 0.717) is 5.25 Å². The third kappa shape index (κ3) is 3.07. The first-order valence-electron chi connectivity index (χ1n) is 7.18. The van der Waals surface area contributed by atoms with Crippen molar-refractivity contribution in [1.29, 1.82) is 0 Å². The normalized spacial score (nSPS) is 15.2. The Morgan fingerprint density at radius 2 is 2.20 bits per heavy atom. The minimum atomic E-state index is 0.653. The van der Waals surface area contributed by atoms with Crippen LogP contribution in [0.3, 0.4) is 0 Å². The Hall–Kier alpha value is -1.26. The molecular weight excluding hydrogens is 268 g/mol. The lowest BCUT2D eigenvalue weighted by Gasteiger charge is -2.25. The van der Waals surface area contributed by atoms with Crippen LogP contribution >= 0.6 is 11.8 Å². The van der Waals surface area contributed by atoms with Crippen molar-refractivity contribution < 1.29 is 4.74 Å². The Balaban J connectivity index is 1.84. The Labute approximate surface area is 124 Å². The van der Waals surface area contributed by atoms with Crippen LogP contribution in [0.4, 0.5) is 5.82 Å². The maximum absolute atomic E-state index is 5.24. The van der Waals surface area contributed by atoms with Gasteiger partial charge in [0.2, 0.25) is 0 Å². The summed E-state index contributed by atoms with van der Waals surface area (Å²) < 4.78 is 5.24. The van der Waals surface area contributed by atoms with Gasteiger partial charge in [0.05, 0.1) is 24.0 Å². The number of pyridine rings is 1. The zero-order valence-corrected chi connectivity index (χ0v) is 12.6. The van der Waals surface area contributed by atoms with Gasteiger partial charge < -0.3 is 10.1 Å². The van der Waals surface area contributed by atoms with Crippen molar-refractivity contribution in [3.8, 4) is 0 Å². The molecule has 1 aromatic carbocycles. The molecule has 2 heterocycles. The number of anilines is 1. The highest BCUT2D eigenvalue weighted by molar-refractivity contribution is 7.99. The molecule has 1 aliphatic heterocycles. The summed E-state index contributed by atoms with van der Waals surface area (Å²) in [6, 6.07) is 10.6. The summed E-state index contributed by atoms with van der Waals surface area (Å²) in [6.45, 7) is 4.93. The molecule has 1 N–H and O–H groups in total. The lowest BCUT2D eigenvalue weighted by molar-refractivity contribution is 0.0455. The monoisotopic (exact) mass is 288 g/mol. The van der Waals surface area contributed by atoms with E-state index in [4.69, 9.17) is 9.72 Å². The number of hydrogen-bond donors (Lipinski definition) is 1. The zero-order chi connectivity index (χ0) is 13.8. The SMILES string of the molecule is CCCNc1nc2ccccc2cc1CSC1COC1. The van der Waals surface area contributed by atoms with Crippen molar-refractivity contribution in [3.63, 3.8) is 0 Å². The highest BCUT2D eigenvalue weighted by Crippen LogP contribution is 2.28. The molecule has 1 fully saturated rings. The highest BCUT2D eigenvalue weighted by Gasteiger charge is 2.19. The van der Waals surface area contributed by atoms with Gasteiger partial charge in [-0.2, -0.15) is 0 Å². The molecule has 1 aliphatic rings. The molecule has 4 heteroatoms. The molecule has 1 saturated heterocycles. The zero-order valence-electron chi connectivity index (χ0n) is 11.8. The topological polar surface area (TPSA) is 34.2 Å². The van der Waals surface area contributed by atoms with Crippen LogP contribution < -0.4 is 5.32 Å². The van der Waals surface area contributed by atoms with Crippen molar-refractivity contribution in [3.05, 3.63) is 35.9 Å². The van der Waals surface area contributed by atoms with E-state index in [1.165, 1.54) is 10.9 Å². The second kappa shape index (κ2) is 6.46. The predicted molar refractivity (Wildman–Crippen MR) is 86.4 cm³/mol. The van der Waals surface area contributed by atoms with Gasteiger partial charge in [-0.25, -0.2) is 4.98 Å². The van der Waals surface area contributed by atoms with Gasteiger partial charge in [-0.1, -0.05) is 25.1 Å². The van der Waals surface area contributed by atoms with Crippen LogP contribution in [0.1, 0.15) is 18.9 Å². The van der Waals surface area contributed by atoms with E-state index < -0.39 is 0 Å². The van der Waals surface area contributed by atoms with Gasteiger partial charge in [0.15, 0.2) is 0 Å². The first-order chi connectivity index (χ1) is 9.86. The average molecular weight is 288 g/mol. The van der Waals surface area contributed by atoms with Gasteiger partial charge in [0, 0.05) is 23.2 Å². The molecule has 0 unspecified atom stereocenters. The standard InChI is InChI=1S/C16H20N2OS/c1-2-7-17-16-13(11-20-14-9-19-10-14)8-12-5-3-4-6-15(12)18-16/h3-6,8,14H,2,7,9-11H2,1H3,(H,17,18). The highest BCUT2D eigenvalue weighted by atomic mass is 32.2. The smallest absolute Gasteiger partial charge is 0.130 e. The first kappa shape index (κ1) is 13.7. The van der Waals surface area contributed by atoms with Gasteiger partial charge in [-0.3, -0.25) is 0 Å². The molecule has 0 saturated carbocycles. The summed E-state index contributed by atoms with van der Waals surface area (Å²) >= 11 is 1.97. The summed E-state index contributed by atoms with van der Waals surface area (Å²) in [5.41, 5.74) is 2.36. The minimum Gasteiger partial charge on any atom is -0.379 e. The Bertz CT molecular complexity index is 584. The van der Waals surface area contributed by atoms with Crippen molar-refractivity contribution in [2.24, 2.45) is 0 Å². The van der Waals surface area contributed by atoms with E-state index in [1.54, 1.807) is 0 Å². The van der Waals surface area contributed by atoms with Crippen LogP contribution in [0.5, 0.6) is 0 Å². The third-order valence-electron chi connectivity index (χ3n) is 3.43. The molecule has 3 nitrogen and oxygen atoms in total. The minimum absolute atomic E-state index is 0.653. The van der Waals surface area contributed by atoms with Crippen molar-refractivity contribution in [2.45, 2.75) is 24.3 Å². The summed E-state index contributed by atoms with van der Waals surface area (Å²) in [4.78, 5) is 4.78. The van der Waals surface area contributed by atoms with E-state index >= 15 is 0 Å². The number of aromatic nitrogens is 1. The predicted octanol–water partition coefficient (Wildman–Crippen LogP) is 3.69. The summed E-state index contributed by atoms with van der Waals surface area (Å²) in [6.07, 6.45) is 1.11. The lowest BCUT2D eigenvalue weighted by atomic mass is 10.1. The molecule has 0 radical (unpaired) electrons. The molecular formula is C16H20N2OS. The van der Waals surface area contributed by atoms with Gasteiger partial charge in [-0.15, -0.1) is 11.8 Å². The fourth-order valence-electron chi connectivity index (χ4n) is 2.18. The second-order valence-electron chi connectivity index (χ2n) is 5.09. The number of para-hydroxylation sites is 1. The third-order valence-corrected chi connectivity index (χ3v) is 4.65. The summed E-state index contributed by atoms with van der Waals surface area (Å²) in [5, 5.41) is 5.33.